The van der Waals surface area contributed by atoms with Crippen molar-refractivity contribution in [1.29, 1.82) is 0 Å². The number of nitrogens with one attached hydrogen (secondary N) is 1. The lowest BCUT2D eigenvalue weighted by Crippen LogP contribution is -2.41. The van der Waals surface area contributed by atoms with Gasteiger partial charge in [-0.05, 0) is 12.5 Å². The normalized spacial score (nSPS) is 11.5. The second kappa shape index (κ2) is 7.22. The number of benzene rings is 1. The zero-order valence-corrected chi connectivity index (χ0v) is 11.7. The monoisotopic (exact) mass is 296 g/mol. The summed E-state index contributed by atoms with van der Waals surface area (Å²) in [5.74, 6) is -2.02. The summed E-state index contributed by atoms with van der Waals surface area (Å²) in [6.07, 6.45) is 0.773. The highest BCUT2D eigenvalue weighted by atomic mass is 16.6. The minimum atomic E-state index is -1.19. The number of rotatable bonds is 7. The smallest absolute Gasteiger partial charge is 0.326 e. The standard InChI is InChI=1S/C13H16N2O6/c1-3-5-8(13(17)18)14-12(16)11-9(15(19)20)6-4-7-10(11)21-2/h4,6-8H,3,5H2,1-2H3,(H,14,16)(H,17,18)/t8-/m0/s1. The van der Waals surface area contributed by atoms with Gasteiger partial charge in [-0.3, -0.25) is 14.9 Å². The Morgan fingerprint density at radius 3 is 2.62 bits per heavy atom. The van der Waals surface area contributed by atoms with Crippen molar-refractivity contribution in [3.8, 4) is 5.75 Å². The number of carbonyl (C=O) groups is 2. The maximum Gasteiger partial charge on any atom is 0.326 e. The fraction of sp³-hybridized carbons (Fsp3) is 0.385. The second-order valence-corrected chi connectivity index (χ2v) is 4.26. The van der Waals surface area contributed by atoms with Gasteiger partial charge in [0.25, 0.3) is 11.6 Å². The predicted octanol–water partition coefficient (Wildman–Crippen LogP) is 1.59. The molecule has 8 heteroatoms. The van der Waals surface area contributed by atoms with Crippen LogP contribution in [0.25, 0.3) is 0 Å². The topological polar surface area (TPSA) is 119 Å². The number of ether oxygens (including phenoxy) is 1. The van der Waals surface area contributed by atoms with E-state index in [0.29, 0.717) is 6.42 Å². The zero-order valence-electron chi connectivity index (χ0n) is 11.7. The van der Waals surface area contributed by atoms with Crippen LogP contribution in [0.1, 0.15) is 30.1 Å². The molecule has 1 rings (SSSR count). The average molecular weight is 296 g/mol. The highest BCUT2D eigenvalue weighted by Crippen LogP contribution is 2.28. The van der Waals surface area contributed by atoms with Crippen LogP contribution in [-0.2, 0) is 4.79 Å². The molecule has 0 bridgehead atoms. The molecule has 21 heavy (non-hydrogen) atoms. The van der Waals surface area contributed by atoms with Gasteiger partial charge in [-0.1, -0.05) is 19.4 Å². The lowest BCUT2D eigenvalue weighted by atomic mass is 10.1. The van der Waals surface area contributed by atoms with Crippen molar-refractivity contribution in [1.82, 2.24) is 5.32 Å². The van der Waals surface area contributed by atoms with Gasteiger partial charge in [-0.25, -0.2) is 4.79 Å². The van der Waals surface area contributed by atoms with E-state index in [2.05, 4.69) is 5.32 Å². The Morgan fingerprint density at radius 1 is 1.48 bits per heavy atom. The molecule has 0 radical (unpaired) electrons. The molecule has 0 heterocycles. The van der Waals surface area contributed by atoms with E-state index in [0.717, 1.165) is 6.07 Å². The molecule has 1 aromatic carbocycles. The molecule has 0 spiro atoms. The lowest BCUT2D eigenvalue weighted by Gasteiger charge is -2.15. The zero-order chi connectivity index (χ0) is 16.0. The Hall–Kier alpha value is -2.64. The highest BCUT2D eigenvalue weighted by molar-refractivity contribution is 6.02. The molecule has 1 amide bonds. The van der Waals surface area contributed by atoms with Crippen molar-refractivity contribution >= 4 is 17.6 Å². The maximum atomic E-state index is 12.2. The minimum Gasteiger partial charge on any atom is -0.496 e. The third-order valence-electron chi connectivity index (χ3n) is 2.83. The van der Waals surface area contributed by atoms with E-state index >= 15 is 0 Å². The molecule has 0 aliphatic heterocycles. The number of carboxylic acids is 1. The average Bonchev–Trinajstić information content (AvgIpc) is 2.45. The van der Waals surface area contributed by atoms with Gasteiger partial charge in [0.1, 0.15) is 11.8 Å². The molecular formula is C13H16N2O6. The van der Waals surface area contributed by atoms with E-state index < -0.39 is 28.5 Å². The van der Waals surface area contributed by atoms with Crippen molar-refractivity contribution in [3.05, 3.63) is 33.9 Å². The number of amides is 1. The summed E-state index contributed by atoms with van der Waals surface area (Å²) in [5, 5.41) is 22.3. The summed E-state index contributed by atoms with van der Waals surface area (Å²) < 4.78 is 4.95. The van der Waals surface area contributed by atoms with Gasteiger partial charge >= 0.3 is 5.97 Å². The number of hydrogen-bond acceptors (Lipinski definition) is 5. The number of aliphatic carboxylic acids is 1. The molecule has 0 unspecified atom stereocenters. The molecule has 0 aliphatic rings. The Bertz CT molecular complexity index is 558. The van der Waals surface area contributed by atoms with Gasteiger partial charge in [0.15, 0.2) is 5.56 Å². The van der Waals surface area contributed by atoms with Crippen molar-refractivity contribution < 1.29 is 24.4 Å². The molecule has 0 saturated heterocycles. The number of nitro benzene ring substituents is 1. The Balaban J connectivity index is 3.16. The van der Waals surface area contributed by atoms with Gasteiger partial charge in [0.05, 0.1) is 12.0 Å². The lowest BCUT2D eigenvalue weighted by molar-refractivity contribution is -0.385. The van der Waals surface area contributed by atoms with E-state index in [9.17, 15) is 19.7 Å². The Kier molecular flexibility index (Phi) is 5.65. The van der Waals surface area contributed by atoms with Crippen LogP contribution in [0.5, 0.6) is 5.75 Å². The van der Waals surface area contributed by atoms with Crippen LogP contribution in [0.4, 0.5) is 5.69 Å². The van der Waals surface area contributed by atoms with Crippen LogP contribution in [0, 0.1) is 10.1 Å². The summed E-state index contributed by atoms with van der Waals surface area (Å²) in [7, 11) is 1.27. The van der Waals surface area contributed by atoms with E-state index in [-0.39, 0.29) is 17.7 Å². The van der Waals surface area contributed by atoms with E-state index in [1.165, 1.54) is 19.2 Å². The molecule has 1 atom stereocenters. The summed E-state index contributed by atoms with van der Waals surface area (Å²) >= 11 is 0. The first-order chi connectivity index (χ1) is 9.92. The third-order valence-corrected chi connectivity index (χ3v) is 2.83. The summed E-state index contributed by atoms with van der Waals surface area (Å²) in [6.45, 7) is 1.77. The molecule has 8 nitrogen and oxygen atoms in total. The number of carbonyl (C=O) groups excluding carboxylic acids is 1. The van der Waals surface area contributed by atoms with Crippen molar-refractivity contribution in [2.24, 2.45) is 0 Å². The quantitative estimate of drug-likeness (QED) is 0.582. The fourth-order valence-electron chi connectivity index (χ4n) is 1.85. The van der Waals surface area contributed by atoms with Crippen LogP contribution in [0.2, 0.25) is 0 Å². The Morgan fingerprint density at radius 2 is 2.14 bits per heavy atom. The van der Waals surface area contributed by atoms with Crippen molar-refractivity contribution in [2.75, 3.05) is 7.11 Å². The van der Waals surface area contributed by atoms with E-state index in [4.69, 9.17) is 9.84 Å². The third kappa shape index (κ3) is 3.91. The van der Waals surface area contributed by atoms with Gasteiger partial charge in [-0.15, -0.1) is 0 Å². The van der Waals surface area contributed by atoms with Crippen LogP contribution < -0.4 is 10.1 Å². The SMILES string of the molecule is CCC[C@H](NC(=O)c1c(OC)cccc1[N+](=O)[O-])C(=O)O. The molecule has 0 saturated carbocycles. The van der Waals surface area contributed by atoms with Crippen LogP contribution >= 0.6 is 0 Å². The predicted molar refractivity (Wildman–Crippen MR) is 73.4 cm³/mol. The van der Waals surface area contributed by atoms with Crippen molar-refractivity contribution in [2.45, 2.75) is 25.8 Å². The molecule has 2 N–H and O–H groups in total. The molecule has 0 aromatic heterocycles. The van der Waals surface area contributed by atoms with Crippen LogP contribution in [0.3, 0.4) is 0 Å². The van der Waals surface area contributed by atoms with Crippen LogP contribution in [-0.4, -0.2) is 35.1 Å². The first-order valence-electron chi connectivity index (χ1n) is 6.27. The Labute approximate surface area is 120 Å². The second-order valence-electron chi connectivity index (χ2n) is 4.26. The molecule has 0 fully saturated rings. The first kappa shape index (κ1) is 16.4. The van der Waals surface area contributed by atoms with Crippen LogP contribution in [0.15, 0.2) is 18.2 Å². The summed E-state index contributed by atoms with van der Waals surface area (Å²) in [4.78, 5) is 33.5. The highest BCUT2D eigenvalue weighted by Gasteiger charge is 2.28. The molecule has 0 aliphatic carbocycles. The van der Waals surface area contributed by atoms with E-state index in [1.54, 1.807) is 6.92 Å². The molecular weight excluding hydrogens is 280 g/mol. The molecule has 1 aromatic rings. The van der Waals surface area contributed by atoms with Crippen molar-refractivity contribution in [3.63, 3.8) is 0 Å². The maximum absolute atomic E-state index is 12.2. The van der Waals surface area contributed by atoms with E-state index in [1.807, 2.05) is 0 Å². The molecule has 114 valence electrons. The van der Waals surface area contributed by atoms with Gasteiger partial charge < -0.3 is 15.2 Å². The van der Waals surface area contributed by atoms with Gasteiger partial charge in [0.2, 0.25) is 0 Å². The number of nitro groups is 1. The number of hydrogen-bond donors (Lipinski definition) is 2. The van der Waals surface area contributed by atoms with Gasteiger partial charge in [-0.2, -0.15) is 0 Å². The van der Waals surface area contributed by atoms with Gasteiger partial charge in [0, 0.05) is 6.07 Å². The number of methoxy groups -OCH3 is 1. The largest absolute Gasteiger partial charge is 0.496 e. The first-order valence-corrected chi connectivity index (χ1v) is 6.27. The number of nitrogens with zero attached hydrogens (tertiary/aromatic N) is 1. The number of carboxylic acid groups (broad SMARTS) is 1. The fourth-order valence-corrected chi connectivity index (χ4v) is 1.85. The summed E-state index contributed by atoms with van der Waals surface area (Å²) in [5.41, 5.74) is -0.722. The minimum absolute atomic E-state index is 0.0161. The summed E-state index contributed by atoms with van der Waals surface area (Å²) in [6, 6.07) is 2.84.